The Hall–Kier alpha value is -7.17. The summed E-state index contributed by atoms with van der Waals surface area (Å²) in [5, 5.41) is 9.23. The van der Waals surface area contributed by atoms with E-state index in [-0.39, 0.29) is 5.92 Å². The molecule has 2 heterocycles. The van der Waals surface area contributed by atoms with Crippen LogP contribution < -0.4 is 0 Å². The lowest BCUT2D eigenvalue weighted by Crippen LogP contribution is -2.08. The number of aromatic nitrogens is 3. The number of hydrogen-bond donors (Lipinski definition) is 0. The highest BCUT2D eigenvalue weighted by Gasteiger charge is 2.21. The second kappa shape index (κ2) is 12.8. The maximum absolute atomic E-state index is 6.58. The second-order valence-electron chi connectivity index (χ2n) is 14.3. The lowest BCUT2D eigenvalue weighted by atomic mass is 9.92. The molecular weight excluding hydrogens is 671 g/mol. The largest absolute Gasteiger partial charge is 0.456 e. The first-order chi connectivity index (χ1) is 27.2. The van der Waals surface area contributed by atoms with Crippen LogP contribution in [0.4, 0.5) is 0 Å². The molecule has 1 aliphatic carbocycles. The molecule has 55 heavy (non-hydrogen) atoms. The maximum atomic E-state index is 6.58. The zero-order valence-electron chi connectivity index (χ0n) is 29.9. The van der Waals surface area contributed by atoms with Crippen molar-refractivity contribution in [1.29, 1.82) is 0 Å². The van der Waals surface area contributed by atoms with Gasteiger partial charge in [0.2, 0.25) is 0 Å². The van der Waals surface area contributed by atoms with Gasteiger partial charge in [-0.1, -0.05) is 146 Å². The highest BCUT2D eigenvalue weighted by molar-refractivity contribution is 6.16. The van der Waals surface area contributed by atoms with Gasteiger partial charge in [-0.2, -0.15) is 0 Å². The van der Waals surface area contributed by atoms with Crippen LogP contribution in [-0.2, 0) is 0 Å². The van der Waals surface area contributed by atoms with Crippen LogP contribution in [0.5, 0.6) is 0 Å². The van der Waals surface area contributed by atoms with Gasteiger partial charge in [-0.25, -0.2) is 15.0 Å². The molecule has 0 aliphatic heterocycles. The van der Waals surface area contributed by atoms with Crippen LogP contribution in [0, 0.1) is 0 Å². The first-order valence-electron chi connectivity index (χ1n) is 18.8. The van der Waals surface area contributed by atoms with Crippen molar-refractivity contribution in [3.05, 3.63) is 188 Å². The number of hydrogen-bond acceptors (Lipinski definition) is 4. The molecule has 1 atom stereocenters. The standard InChI is InChI=1S/C51H33N3O/c1-2-13-34(14-3-1)49-52-50(39-24-22-33-12-5-7-16-36(33)30-39)54-51(53-49)44-28-27-42(40-17-8-9-18-41(40)44)43-19-10-20-46-48(43)45-26-25-38(31-47(45)55-46)37-23-21-32-11-4-6-15-35(32)29-37/h1-13,15-31,34H,14H2. The summed E-state index contributed by atoms with van der Waals surface area (Å²) in [7, 11) is 0. The van der Waals surface area contributed by atoms with Crippen molar-refractivity contribution in [2.75, 3.05) is 0 Å². The summed E-state index contributed by atoms with van der Waals surface area (Å²) in [5.41, 5.74) is 8.26. The van der Waals surface area contributed by atoms with Gasteiger partial charge in [-0.15, -0.1) is 0 Å². The molecule has 0 fully saturated rings. The van der Waals surface area contributed by atoms with Gasteiger partial charge in [0.25, 0.3) is 0 Å². The van der Waals surface area contributed by atoms with Crippen molar-refractivity contribution in [2.24, 2.45) is 0 Å². The van der Waals surface area contributed by atoms with E-state index in [0.29, 0.717) is 11.6 Å². The number of furan rings is 1. The molecule has 0 spiro atoms. The van der Waals surface area contributed by atoms with E-state index in [1.807, 2.05) is 0 Å². The predicted octanol–water partition coefficient (Wildman–Crippen LogP) is 13.5. The summed E-state index contributed by atoms with van der Waals surface area (Å²) in [6, 6.07) is 55.9. The van der Waals surface area contributed by atoms with Gasteiger partial charge in [0, 0.05) is 27.8 Å². The Kier molecular flexibility index (Phi) is 7.27. The molecule has 4 heteroatoms. The summed E-state index contributed by atoms with van der Waals surface area (Å²) >= 11 is 0. The number of allylic oxidation sites excluding steroid dienone is 4. The quantitative estimate of drug-likeness (QED) is 0.179. The number of nitrogens with zero attached hydrogens (tertiary/aromatic N) is 3. The highest BCUT2D eigenvalue weighted by Crippen LogP contribution is 2.42. The summed E-state index contributed by atoms with van der Waals surface area (Å²) < 4.78 is 6.58. The van der Waals surface area contributed by atoms with Crippen LogP contribution in [-0.4, -0.2) is 15.0 Å². The maximum Gasteiger partial charge on any atom is 0.164 e. The lowest BCUT2D eigenvalue weighted by molar-refractivity contribution is 0.669. The lowest BCUT2D eigenvalue weighted by Gasteiger charge is -2.16. The molecule has 0 amide bonds. The molecular formula is C51H33N3O. The molecule has 2 aromatic heterocycles. The molecule has 10 aromatic rings. The van der Waals surface area contributed by atoms with Gasteiger partial charge in [0.15, 0.2) is 11.6 Å². The molecule has 258 valence electrons. The molecule has 1 aliphatic rings. The van der Waals surface area contributed by atoms with Gasteiger partial charge in [-0.3, -0.25) is 0 Å². The van der Waals surface area contributed by atoms with E-state index in [1.165, 1.54) is 21.7 Å². The Balaban J connectivity index is 1.06. The molecule has 11 rings (SSSR count). The molecule has 0 saturated carbocycles. The minimum atomic E-state index is 0.0743. The van der Waals surface area contributed by atoms with Crippen LogP contribution in [0.2, 0.25) is 0 Å². The van der Waals surface area contributed by atoms with Crippen molar-refractivity contribution in [3.63, 3.8) is 0 Å². The number of benzene rings is 8. The first-order valence-corrected chi connectivity index (χ1v) is 18.8. The molecule has 0 N–H and O–H groups in total. The third-order valence-electron chi connectivity index (χ3n) is 11.0. The molecule has 0 bridgehead atoms. The second-order valence-corrected chi connectivity index (χ2v) is 14.3. The Bertz CT molecular complexity index is 3210. The fourth-order valence-corrected chi connectivity index (χ4v) is 8.24. The SMILES string of the molecule is C1=CCC(c2nc(-c3ccc4ccccc4c3)nc(-c3ccc(-c4cccc5oc6cc(-c7ccc8ccccc8c7)ccc6c45)c4ccccc34)n2)C=C1. The fourth-order valence-electron chi connectivity index (χ4n) is 8.24. The number of fused-ring (bicyclic) bond motifs is 6. The third kappa shape index (κ3) is 5.42. The van der Waals surface area contributed by atoms with E-state index >= 15 is 0 Å². The highest BCUT2D eigenvalue weighted by atomic mass is 16.3. The first kappa shape index (κ1) is 31.4. The summed E-state index contributed by atoms with van der Waals surface area (Å²) in [6.45, 7) is 0. The number of rotatable bonds is 5. The molecule has 8 aromatic carbocycles. The van der Waals surface area contributed by atoms with Crippen LogP contribution in [0.15, 0.2) is 186 Å². The topological polar surface area (TPSA) is 51.8 Å². The van der Waals surface area contributed by atoms with Crippen LogP contribution in [0.3, 0.4) is 0 Å². The molecule has 1 unspecified atom stereocenters. The average molecular weight is 704 g/mol. The van der Waals surface area contributed by atoms with Crippen LogP contribution >= 0.6 is 0 Å². The normalized spacial score (nSPS) is 14.1. The van der Waals surface area contributed by atoms with Gasteiger partial charge < -0.3 is 4.42 Å². The molecule has 4 nitrogen and oxygen atoms in total. The summed E-state index contributed by atoms with van der Waals surface area (Å²) in [5.74, 6) is 2.21. The summed E-state index contributed by atoms with van der Waals surface area (Å²) in [6.07, 6.45) is 9.39. The van der Waals surface area contributed by atoms with Crippen molar-refractivity contribution >= 4 is 54.3 Å². The fraction of sp³-hybridized carbons (Fsp3) is 0.0392. The van der Waals surface area contributed by atoms with E-state index in [1.54, 1.807) is 0 Å². The Morgan fingerprint density at radius 2 is 1.09 bits per heavy atom. The minimum absolute atomic E-state index is 0.0743. The van der Waals surface area contributed by atoms with Crippen molar-refractivity contribution in [1.82, 2.24) is 15.0 Å². The third-order valence-corrected chi connectivity index (χ3v) is 11.0. The van der Waals surface area contributed by atoms with Gasteiger partial charge >= 0.3 is 0 Å². The zero-order chi connectivity index (χ0) is 36.3. The van der Waals surface area contributed by atoms with E-state index in [9.17, 15) is 0 Å². The Morgan fingerprint density at radius 1 is 0.436 bits per heavy atom. The van der Waals surface area contributed by atoms with E-state index in [4.69, 9.17) is 19.4 Å². The van der Waals surface area contributed by atoms with E-state index < -0.39 is 0 Å². The van der Waals surface area contributed by atoms with Crippen LogP contribution in [0.25, 0.3) is 99.3 Å². The predicted molar refractivity (Wildman–Crippen MR) is 227 cm³/mol. The smallest absolute Gasteiger partial charge is 0.164 e. The Morgan fingerprint density at radius 3 is 1.87 bits per heavy atom. The Labute approximate surface area is 317 Å². The zero-order valence-corrected chi connectivity index (χ0v) is 29.9. The minimum Gasteiger partial charge on any atom is -0.456 e. The van der Waals surface area contributed by atoms with Crippen LogP contribution in [0.1, 0.15) is 18.2 Å². The monoisotopic (exact) mass is 703 g/mol. The van der Waals surface area contributed by atoms with E-state index in [2.05, 4.69) is 182 Å². The summed E-state index contributed by atoms with van der Waals surface area (Å²) in [4.78, 5) is 15.4. The average Bonchev–Trinajstić information content (AvgIpc) is 3.64. The molecule has 0 radical (unpaired) electrons. The van der Waals surface area contributed by atoms with Crippen molar-refractivity contribution in [2.45, 2.75) is 12.3 Å². The van der Waals surface area contributed by atoms with Gasteiger partial charge in [0.1, 0.15) is 17.0 Å². The van der Waals surface area contributed by atoms with Gasteiger partial charge in [-0.05, 0) is 97.4 Å². The molecule has 0 saturated heterocycles. The van der Waals surface area contributed by atoms with E-state index in [0.717, 1.165) is 78.2 Å². The van der Waals surface area contributed by atoms with Crippen molar-refractivity contribution in [3.8, 4) is 45.0 Å². The van der Waals surface area contributed by atoms with Crippen molar-refractivity contribution < 1.29 is 4.42 Å². The van der Waals surface area contributed by atoms with Gasteiger partial charge in [0.05, 0.1) is 0 Å².